The van der Waals surface area contributed by atoms with E-state index in [0.717, 1.165) is 23.9 Å². The fourth-order valence-electron chi connectivity index (χ4n) is 1.79. The van der Waals surface area contributed by atoms with Gasteiger partial charge in [0.15, 0.2) is 0 Å². The third-order valence-electron chi connectivity index (χ3n) is 2.89. The van der Waals surface area contributed by atoms with E-state index in [1.165, 1.54) is 0 Å². The monoisotopic (exact) mass is 310 g/mol. The SMILES string of the molecule is Cc1cccc(CNS(=O)(=O)c2ccc(F)c(CO)c2)n1. The molecule has 5 nitrogen and oxygen atoms in total. The molecule has 1 aromatic carbocycles. The normalized spacial score (nSPS) is 11.6. The van der Waals surface area contributed by atoms with Crippen LogP contribution in [0.4, 0.5) is 4.39 Å². The van der Waals surface area contributed by atoms with Gasteiger partial charge in [-0.2, -0.15) is 0 Å². The molecular formula is C14H15FN2O3S. The summed E-state index contributed by atoms with van der Waals surface area (Å²) in [5.74, 6) is -0.642. The Kier molecular flexibility index (Phi) is 4.66. The molecule has 2 rings (SSSR count). The summed E-state index contributed by atoms with van der Waals surface area (Å²) in [4.78, 5) is 4.09. The summed E-state index contributed by atoms with van der Waals surface area (Å²) in [7, 11) is -3.79. The van der Waals surface area contributed by atoms with Crippen molar-refractivity contribution in [3.63, 3.8) is 0 Å². The van der Waals surface area contributed by atoms with Crippen molar-refractivity contribution in [1.82, 2.24) is 9.71 Å². The molecule has 2 aromatic rings. The Labute approximate surface area is 122 Å². The average molecular weight is 310 g/mol. The molecule has 0 unspecified atom stereocenters. The van der Waals surface area contributed by atoms with E-state index in [1.807, 2.05) is 13.0 Å². The van der Waals surface area contributed by atoms with E-state index in [4.69, 9.17) is 5.11 Å². The second-order valence-electron chi connectivity index (χ2n) is 4.51. The number of nitrogens with zero attached hydrogens (tertiary/aromatic N) is 1. The first-order chi connectivity index (χ1) is 9.92. The first kappa shape index (κ1) is 15.6. The second kappa shape index (κ2) is 6.30. The van der Waals surface area contributed by atoms with Crippen molar-refractivity contribution in [2.45, 2.75) is 25.0 Å². The maximum Gasteiger partial charge on any atom is 0.240 e. The van der Waals surface area contributed by atoms with Gasteiger partial charge in [0.1, 0.15) is 5.82 Å². The lowest BCUT2D eigenvalue weighted by Crippen LogP contribution is -2.24. The Morgan fingerprint density at radius 2 is 2.05 bits per heavy atom. The number of hydrogen-bond acceptors (Lipinski definition) is 4. The van der Waals surface area contributed by atoms with Gasteiger partial charge in [-0.3, -0.25) is 4.98 Å². The summed E-state index contributed by atoms with van der Waals surface area (Å²) >= 11 is 0. The van der Waals surface area contributed by atoms with Crippen LogP contribution in [0.3, 0.4) is 0 Å². The van der Waals surface area contributed by atoms with Gasteiger partial charge in [-0.25, -0.2) is 17.5 Å². The molecule has 0 amide bonds. The Hall–Kier alpha value is -1.83. The highest BCUT2D eigenvalue weighted by Gasteiger charge is 2.16. The molecule has 0 aliphatic rings. The van der Waals surface area contributed by atoms with Crippen LogP contribution in [-0.2, 0) is 23.2 Å². The number of nitrogens with one attached hydrogen (secondary N) is 1. The molecule has 0 saturated heterocycles. The van der Waals surface area contributed by atoms with E-state index in [9.17, 15) is 12.8 Å². The number of aliphatic hydroxyl groups is 1. The zero-order valence-corrected chi connectivity index (χ0v) is 12.2. The zero-order chi connectivity index (χ0) is 15.5. The third kappa shape index (κ3) is 3.84. The minimum atomic E-state index is -3.79. The van der Waals surface area contributed by atoms with Crippen molar-refractivity contribution in [2.75, 3.05) is 0 Å². The molecule has 7 heteroatoms. The number of benzene rings is 1. The lowest BCUT2D eigenvalue weighted by Gasteiger charge is -2.08. The van der Waals surface area contributed by atoms with Crippen LogP contribution in [0.15, 0.2) is 41.3 Å². The Morgan fingerprint density at radius 3 is 2.71 bits per heavy atom. The van der Waals surface area contributed by atoms with Crippen LogP contribution in [0, 0.1) is 12.7 Å². The van der Waals surface area contributed by atoms with Crippen molar-refractivity contribution in [1.29, 1.82) is 0 Å². The maximum absolute atomic E-state index is 13.3. The zero-order valence-electron chi connectivity index (χ0n) is 11.4. The fourth-order valence-corrected chi connectivity index (χ4v) is 2.84. The fraction of sp³-hybridized carbons (Fsp3) is 0.214. The van der Waals surface area contributed by atoms with Gasteiger partial charge >= 0.3 is 0 Å². The summed E-state index contributed by atoms with van der Waals surface area (Å²) in [6.45, 7) is 1.29. The highest BCUT2D eigenvalue weighted by atomic mass is 32.2. The van der Waals surface area contributed by atoms with Gasteiger partial charge in [0.05, 0.1) is 23.7 Å². The molecule has 0 spiro atoms. The van der Waals surface area contributed by atoms with Gasteiger partial charge in [-0.15, -0.1) is 0 Å². The van der Waals surface area contributed by atoms with Crippen LogP contribution >= 0.6 is 0 Å². The number of aromatic nitrogens is 1. The van der Waals surface area contributed by atoms with Crippen molar-refractivity contribution >= 4 is 10.0 Å². The van der Waals surface area contributed by atoms with E-state index in [2.05, 4.69) is 9.71 Å². The highest BCUT2D eigenvalue weighted by Crippen LogP contribution is 2.15. The lowest BCUT2D eigenvalue weighted by atomic mass is 10.2. The van der Waals surface area contributed by atoms with Crippen LogP contribution in [0.5, 0.6) is 0 Å². The lowest BCUT2D eigenvalue weighted by molar-refractivity contribution is 0.275. The largest absolute Gasteiger partial charge is 0.392 e. The van der Waals surface area contributed by atoms with Gasteiger partial charge in [-0.05, 0) is 37.3 Å². The number of aryl methyl sites for hydroxylation is 1. The van der Waals surface area contributed by atoms with E-state index in [0.29, 0.717) is 5.69 Å². The van der Waals surface area contributed by atoms with Crippen LogP contribution in [-0.4, -0.2) is 18.5 Å². The minimum Gasteiger partial charge on any atom is -0.392 e. The standard InChI is InChI=1S/C14H15FN2O3S/c1-10-3-2-4-12(17-10)8-16-21(19,20)13-5-6-14(15)11(7-13)9-18/h2-7,16,18H,8-9H2,1H3. The molecular weight excluding hydrogens is 295 g/mol. The number of rotatable bonds is 5. The summed E-state index contributed by atoms with van der Waals surface area (Å²) < 4.78 is 39.9. The van der Waals surface area contributed by atoms with Crippen molar-refractivity contribution in [2.24, 2.45) is 0 Å². The van der Waals surface area contributed by atoms with Gasteiger partial charge in [0, 0.05) is 11.3 Å². The summed E-state index contributed by atoms with van der Waals surface area (Å²) in [6, 6.07) is 8.59. The predicted octanol–water partition coefficient (Wildman–Crippen LogP) is 1.50. The van der Waals surface area contributed by atoms with Crippen molar-refractivity contribution < 1.29 is 17.9 Å². The second-order valence-corrected chi connectivity index (χ2v) is 6.27. The number of halogens is 1. The first-order valence-corrected chi connectivity index (χ1v) is 7.72. The Morgan fingerprint density at radius 1 is 1.29 bits per heavy atom. The number of hydrogen-bond donors (Lipinski definition) is 2. The molecule has 112 valence electrons. The molecule has 0 fully saturated rings. The van der Waals surface area contributed by atoms with Crippen LogP contribution in [0.2, 0.25) is 0 Å². The molecule has 0 aliphatic heterocycles. The van der Waals surface area contributed by atoms with E-state index >= 15 is 0 Å². The maximum atomic E-state index is 13.3. The predicted molar refractivity (Wildman–Crippen MR) is 75.3 cm³/mol. The highest BCUT2D eigenvalue weighted by molar-refractivity contribution is 7.89. The average Bonchev–Trinajstić information content (AvgIpc) is 2.46. The summed E-state index contributed by atoms with van der Waals surface area (Å²) in [6.07, 6.45) is 0. The van der Waals surface area contributed by atoms with Crippen LogP contribution in [0.1, 0.15) is 17.0 Å². The smallest absolute Gasteiger partial charge is 0.240 e. The van der Waals surface area contributed by atoms with Crippen molar-refractivity contribution in [3.8, 4) is 0 Å². The quantitative estimate of drug-likeness (QED) is 0.877. The third-order valence-corrected chi connectivity index (χ3v) is 4.29. The Balaban J connectivity index is 2.18. The molecule has 0 aliphatic carbocycles. The van der Waals surface area contributed by atoms with Gasteiger partial charge in [-0.1, -0.05) is 6.07 Å². The van der Waals surface area contributed by atoms with E-state index in [-0.39, 0.29) is 17.0 Å². The van der Waals surface area contributed by atoms with E-state index in [1.54, 1.807) is 12.1 Å². The van der Waals surface area contributed by atoms with Gasteiger partial charge in [0.2, 0.25) is 10.0 Å². The number of sulfonamides is 1. The molecule has 0 saturated carbocycles. The van der Waals surface area contributed by atoms with Crippen LogP contribution in [0.25, 0.3) is 0 Å². The molecule has 2 N–H and O–H groups in total. The molecule has 0 radical (unpaired) electrons. The summed E-state index contributed by atoms with van der Waals surface area (Å²) in [5, 5.41) is 8.98. The Bertz CT molecular complexity index is 748. The molecule has 1 heterocycles. The molecule has 1 aromatic heterocycles. The molecule has 0 atom stereocenters. The van der Waals surface area contributed by atoms with Crippen molar-refractivity contribution in [3.05, 3.63) is 59.2 Å². The summed E-state index contributed by atoms with van der Waals surface area (Å²) in [5.41, 5.74) is 1.31. The number of aliphatic hydroxyl groups excluding tert-OH is 1. The van der Waals surface area contributed by atoms with Gasteiger partial charge < -0.3 is 5.11 Å². The van der Waals surface area contributed by atoms with E-state index < -0.39 is 22.4 Å². The molecule has 21 heavy (non-hydrogen) atoms. The van der Waals surface area contributed by atoms with Gasteiger partial charge in [0.25, 0.3) is 0 Å². The molecule has 0 bridgehead atoms. The topological polar surface area (TPSA) is 79.3 Å². The first-order valence-electron chi connectivity index (χ1n) is 6.24. The minimum absolute atomic E-state index is 0.0375. The number of pyridine rings is 1. The van der Waals surface area contributed by atoms with Crippen LogP contribution < -0.4 is 4.72 Å².